The van der Waals surface area contributed by atoms with Crippen LogP contribution in [0.5, 0.6) is 0 Å². The van der Waals surface area contributed by atoms with Crippen LogP contribution < -0.4 is 0 Å². The zero-order chi connectivity index (χ0) is 6.85. The fraction of sp³-hybridized carbons (Fsp3) is 0.667. The summed E-state index contributed by atoms with van der Waals surface area (Å²) in [6.45, 7) is 1.26. The Labute approximate surface area is 54.6 Å². The van der Waals surface area contributed by atoms with Crippen molar-refractivity contribution >= 4 is 0 Å². The molecule has 0 spiro atoms. The van der Waals surface area contributed by atoms with Crippen molar-refractivity contribution in [3.8, 4) is 0 Å². The van der Waals surface area contributed by atoms with Crippen molar-refractivity contribution in [2.24, 2.45) is 0 Å². The highest BCUT2D eigenvalue weighted by molar-refractivity contribution is 4.96. The number of halogens is 1. The van der Waals surface area contributed by atoms with E-state index in [2.05, 4.69) is 0 Å². The van der Waals surface area contributed by atoms with Crippen LogP contribution in [-0.2, 0) is 0 Å². The molecule has 0 saturated heterocycles. The summed E-state index contributed by atoms with van der Waals surface area (Å²) in [4.78, 5) is 3.73. The minimum atomic E-state index is -0.0637. The predicted molar refractivity (Wildman–Crippen MR) is 34.5 cm³/mol. The van der Waals surface area contributed by atoms with E-state index < -0.39 is 0 Å². The molecule has 9 heavy (non-hydrogen) atoms. The molecule has 3 heteroatoms. The largest absolute Gasteiger partial charge is 0.365 e. The van der Waals surface area contributed by atoms with Crippen LogP contribution in [0.15, 0.2) is 12.0 Å². The van der Waals surface area contributed by atoms with E-state index in [0.717, 1.165) is 6.67 Å². The van der Waals surface area contributed by atoms with Crippen LogP contribution in [0.25, 0.3) is 0 Å². The van der Waals surface area contributed by atoms with E-state index in [1.165, 1.54) is 6.20 Å². The number of nitrogens with zero attached hydrogens (tertiary/aromatic N) is 2. The maximum absolute atomic E-state index is 12.5. The van der Waals surface area contributed by atoms with Gasteiger partial charge in [0.1, 0.15) is 5.83 Å². The van der Waals surface area contributed by atoms with Crippen molar-refractivity contribution in [3.63, 3.8) is 0 Å². The second-order valence-electron chi connectivity index (χ2n) is 2.49. The Kier molecular flexibility index (Phi) is 1.71. The SMILES string of the molecule is CN1C=C(F)CN(C)C1. The van der Waals surface area contributed by atoms with Crippen LogP contribution in [0, 0.1) is 0 Å². The van der Waals surface area contributed by atoms with Gasteiger partial charge >= 0.3 is 0 Å². The van der Waals surface area contributed by atoms with Crippen molar-refractivity contribution in [2.45, 2.75) is 0 Å². The van der Waals surface area contributed by atoms with Crippen molar-refractivity contribution < 1.29 is 4.39 Å². The minimum absolute atomic E-state index is 0.0637. The van der Waals surface area contributed by atoms with Gasteiger partial charge in [-0.3, -0.25) is 4.90 Å². The molecule has 0 unspecified atom stereocenters. The highest BCUT2D eigenvalue weighted by Gasteiger charge is 2.09. The van der Waals surface area contributed by atoms with Crippen molar-refractivity contribution in [1.29, 1.82) is 0 Å². The van der Waals surface area contributed by atoms with Crippen molar-refractivity contribution in [2.75, 3.05) is 27.3 Å². The van der Waals surface area contributed by atoms with Gasteiger partial charge in [0, 0.05) is 13.2 Å². The zero-order valence-electron chi connectivity index (χ0n) is 5.76. The number of hydrogen-bond acceptors (Lipinski definition) is 2. The minimum Gasteiger partial charge on any atom is -0.365 e. The quantitative estimate of drug-likeness (QED) is 0.474. The summed E-state index contributed by atoms with van der Waals surface area (Å²) >= 11 is 0. The lowest BCUT2D eigenvalue weighted by Gasteiger charge is -2.27. The second-order valence-corrected chi connectivity index (χ2v) is 2.49. The summed E-state index contributed by atoms with van der Waals surface area (Å²) < 4.78 is 12.5. The Balaban J connectivity index is 2.56. The highest BCUT2D eigenvalue weighted by atomic mass is 19.1. The molecule has 0 amide bonds. The lowest BCUT2D eigenvalue weighted by molar-refractivity contribution is 0.202. The Morgan fingerprint density at radius 2 is 2.22 bits per heavy atom. The van der Waals surface area contributed by atoms with Crippen LogP contribution in [-0.4, -0.2) is 37.1 Å². The Morgan fingerprint density at radius 1 is 1.56 bits per heavy atom. The molecular weight excluding hydrogens is 119 g/mol. The summed E-state index contributed by atoms with van der Waals surface area (Å²) in [6, 6.07) is 0. The molecular formula is C6H11FN2. The monoisotopic (exact) mass is 130 g/mol. The second kappa shape index (κ2) is 2.35. The molecule has 0 saturated carbocycles. The third-order valence-corrected chi connectivity index (χ3v) is 1.25. The molecule has 2 nitrogen and oxygen atoms in total. The number of likely N-dealkylation sites (N-methyl/N-ethyl adjacent to an activating group) is 1. The molecule has 0 aromatic rings. The lowest BCUT2D eigenvalue weighted by atomic mass is 10.4. The van der Waals surface area contributed by atoms with Gasteiger partial charge < -0.3 is 4.90 Å². The van der Waals surface area contributed by atoms with E-state index >= 15 is 0 Å². The number of rotatable bonds is 0. The first-order valence-corrected chi connectivity index (χ1v) is 2.93. The molecule has 1 heterocycles. The highest BCUT2D eigenvalue weighted by Crippen LogP contribution is 2.06. The van der Waals surface area contributed by atoms with Gasteiger partial charge in [-0.05, 0) is 7.05 Å². The fourth-order valence-corrected chi connectivity index (χ4v) is 1.01. The molecule has 1 aliphatic rings. The molecule has 0 N–H and O–H groups in total. The van der Waals surface area contributed by atoms with E-state index in [1.54, 1.807) is 0 Å². The van der Waals surface area contributed by atoms with Gasteiger partial charge in [-0.25, -0.2) is 4.39 Å². The summed E-state index contributed by atoms with van der Waals surface area (Å²) in [7, 11) is 3.75. The maximum atomic E-state index is 12.5. The van der Waals surface area contributed by atoms with Gasteiger partial charge in [-0.2, -0.15) is 0 Å². The maximum Gasteiger partial charge on any atom is 0.130 e. The van der Waals surface area contributed by atoms with Gasteiger partial charge in [0.15, 0.2) is 0 Å². The smallest absolute Gasteiger partial charge is 0.130 e. The molecule has 52 valence electrons. The molecule has 0 aromatic heterocycles. The molecule has 1 rings (SSSR count). The first-order chi connectivity index (χ1) is 4.18. The van der Waals surface area contributed by atoms with Gasteiger partial charge in [0.25, 0.3) is 0 Å². The third kappa shape index (κ3) is 1.68. The van der Waals surface area contributed by atoms with E-state index in [0.29, 0.717) is 6.54 Å². The van der Waals surface area contributed by atoms with Crippen molar-refractivity contribution in [1.82, 2.24) is 9.80 Å². The third-order valence-electron chi connectivity index (χ3n) is 1.25. The summed E-state index contributed by atoms with van der Waals surface area (Å²) in [5.41, 5.74) is 0. The first-order valence-electron chi connectivity index (χ1n) is 2.93. The van der Waals surface area contributed by atoms with E-state index in [-0.39, 0.29) is 5.83 Å². The van der Waals surface area contributed by atoms with Gasteiger partial charge in [-0.1, -0.05) is 0 Å². The summed E-state index contributed by atoms with van der Waals surface area (Å²) in [5.74, 6) is -0.0637. The molecule has 0 aliphatic carbocycles. The summed E-state index contributed by atoms with van der Waals surface area (Å²) in [5, 5.41) is 0. The fourth-order valence-electron chi connectivity index (χ4n) is 1.01. The molecule has 0 radical (unpaired) electrons. The topological polar surface area (TPSA) is 6.48 Å². The molecule has 0 aromatic carbocycles. The van der Waals surface area contributed by atoms with Crippen LogP contribution in [0.4, 0.5) is 4.39 Å². The molecule has 0 fully saturated rings. The van der Waals surface area contributed by atoms with E-state index in [4.69, 9.17) is 0 Å². The molecule has 0 bridgehead atoms. The van der Waals surface area contributed by atoms with Crippen LogP contribution in [0.3, 0.4) is 0 Å². The van der Waals surface area contributed by atoms with Gasteiger partial charge in [0.2, 0.25) is 0 Å². The standard InChI is InChI=1S/C6H11FN2/c1-8-3-6(7)4-9(2)5-8/h3H,4-5H2,1-2H3. The van der Waals surface area contributed by atoms with E-state index in [1.807, 2.05) is 23.9 Å². The molecule has 0 atom stereocenters. The predicted octanol–water partition coefficient (Wildman–Crippen LogP) is 0.632. The van der Waals surface area contributed by atoms with Crippen molar-refractivity contribution in [3.05, 3.63) is 12.0 Å². The first kappa shape index (κ1) is 6.55. The Bertz CT molecular complexity index is 133. The summed E-state index contributed by atoms with van der Waals surface area (Å²) in [6.07, 6.45) is 1.53. The van der Waals surface area contributed by atoms with Crippen LogP contribution in [0.1, 0.15) is 0 Å². The average molecular weight is 130 g/mol. The average Bonchev–Trinajstić information content (AvgIpc) is 1.59. The van der Waals surface area contributed by atoms with Gasteiger partial charge in [0.05, 0.1) is 13.2 Å². The van der Waals surface area contributed by atoms with E-state index in [9.17, 15) is 4.39 Å². The number of hydrogen-bond donors (Lipinski definition) is 0. The van der Waals surface area contributed by atoms with Crippen LogP contribution in [0.2, 0.25) is 0 Å². The zero-order valence-corrected chi connectivity index (χ0v) is 5.76. The van der Waals surface area contributed by atoms with Gasteiger partial charge in [-0.15, -0.1) is 0 Å². The molecule has 1 aliphatic heterocycles. The van der Waals surface area contributed by atoms with Crippen LogP contribution >= 0.6 is 0 Å². The lowest BCUT2D eigenvalue weighted by Crippen LogP contribution is -2.35. The Hall–Kier alpha value is -0.570. The Morgan fingerprint density at radius 3 is 2.67 bits per heavy atom. The normalized spacial score (nSPS) is 22.1.